The summed E-state index contributed by atoms with van der Waals surface area (Å²) in [5, 5.41) is 0. The predicted octanol–water partition coefficient (Wildman–Crippen LogP) is 2.78. The number of carbonyl (C=O) groups is 1. The molecule has 1 aromatic carbocycles. The Morgan fingerprint density at radius 2 is 2.13 bits per heavy atom. The Hall–Kier alpha value is -0.830. The Morgan fingerprint density at radius 1 is 1.40 bits per heavy atom. The quantitative estimate of drug-likeness (QED) is 0.609. The second kappa shape index (κ2) is 4.35. The number of ether oxygens (including phenoxy) is 1. The molecule has 0 aromatic heterocycles. The summed E-state index contributed by atoms with van der Waals surface area (Å²) in [6.45, 7) is 0. The van der Waals surface area contributed by atoms with Crippen LogP contribution in [0.1, 0.15) is 27.9 Å². The summed E-state index contributed by atoms with van der Waals surface area (Å²) in [5.41, 5.74) is 3.78. The van der Waals surface area contributed by atoms with Gasteiger partial charge < -0.3 is 4.74 Å². The van der Waals surface area contributed by atoms with Crippen molar-refractivity contribution in [1.29, 1.82) is 0 Å². The number of aryl methyl sites for hydroxylation is 2. The van der Waals surface area contributed by atoms with Crippen LogP contribution in [0.25, 0.3) is 0 Å². The van der Waals surface area contributed by atoms with Gasteiger partial charge in [-0.25, -0.2) is 0 Å². The predicted molar refractivity (Wildman–Crippen MR) is 62.2 cm³/mol. The number of rotatable bonds is 2. The van der Waals surface area contributed by atoms with E-state index in [1.807, 2.05) is 6.07 Å². The van der Waals surface area contributed by atoms with Gasteiger partial charge in [0.2, 0.25) is 0 Å². The Bertz CT molecular complexity index is 387. The maximum atomic E-state index is 11.3. The van der Waals surface area contributed by atoms with Gasteiger partial charge in [-0.1, -0.05) is 34.1 Å². The van der Waals surface area contributed by atoms with Crippen LogP contribution < -0.4 is 0 Å². The summed E-state index contributed by atoms with van der Waals surface area (Å²) in [6, 6.07) is 6.23. The van der Waals surface area contributed by atoms with Gasteiger partial charge >= 0.3 is 5.97 Å². The molecule has 0 radical (unpaired) electrons. The molecular formula is C12H13BrO2. The minimum atomic E-state index is -0.339. The van der Waals surface area contributed by atoms with Gasteiger partial charge in [-0.2, -0.15) is 0 Å². The van der Waals surface area contributed by atoms with E-state index < -0.39 is 0 Å². The van der Waals surface area contributed by atoms with Crippen molar-refractivity contribution in [3.8, 4) is 0 Å². The summed E-state index contributed by atoms with van der Waals surface area (Å²) in [7, 11) is 1.41. The summed E-state index contributed by atoms with van der Waals surface area (Å²) in [4.78, 5) is 11.0. The van der Waals surface area contributed by atoms with Crippen molar-refractivity contribution in [1.82, 2.24) is 0 Å². The fourth-order valence-corrected chi connectivity index (χ4v) is 2.46. The summed E-state index contributed by atoms with van der Waals surface area (Å²) in [5.74, 6) is -0.243. The first kappa shape index (κ1) is 10.7. The second-order valence-electron chi connectivity index (χ2n) is 3.77. The highest BCUT2D eigenvalue weighted by molar-refractivity contribution is 9.09. The van der Waals surface area contributed by atoms with E-state index in [-0.39, 0.29) is 10.8 Å². The number of methoxy groups -OCH3 is 1. The highest BCUT2D eigenvalue weighted by Crippen LogP contribution is 2.29. The highest BCUT2D eigenvalue weighted by Gasteiger charge is 2.19. The molecule has 0 saturated heterocycles. The number of hydrogen-bond acceptors (Lipinski definition) is 2. The second-order valence-corrected chi connectivity index (χ2v) is 4.68. The molecule has 1 aliphatic carbocycles. The zero-order valence-corrected chi connectivity index (χ0v) is 10.2. The Balaban J connectivity index is 2.26. The normalized spacial score (nSPS) is 15.9. The molecule has 15 heavy (non-hydrogen) atoms. The smallest absolute Gasteiger partial charge is 0.323 e. The number of fused-ring (bicyclic) bond motifs is 1. The van der Waals surface area contributed by atoms with E-state index in [1.54, 1.807) is 0 Å². The molecule has 2 nitrogen and oxygen atoms in total. The average molecular weight is 269 g/mol. The topological polar surface area (TPSA) is 26.3 Å². The zero-order chi connectivity index (χ0) is 10.8. The summed E-state index contributed by atoms with van der Waals surface area (Å²) < 4.78 is 4.70. The first-order chi connectivity index (χ1) is 7.22. The lowest BCUT2D eigenvalue weighted by atomic mass is 10.0. The summed E-state index contributed by atoms with van der Waals surface area (Å²) >= 11 is 3.35. The van der Waals surface area contributed by atoms with Crippen LogP contribution in [0.15, 0.2) is 18.2 Å². The molecule has 1 unspecified atom stereocenters. The number of benzene rings is 1. The molecule has 0 N–H and O–H groups in total. The van der Waals surface area contributed by atoms with Crippen LogP contribution in [-0.2, 0) is 22.4 Å². The number of alkyl halides is 1. The third kappa shape index (κ3) is 2.07. The van der Waals surface area contributed by atoms with Gasteiger partial charge in [-0.15, -0.1) is 0 Å². The van der Waals surface area contributed by atoms with Crippen molar-refractivity contribution in [3.63, 3.8) is 0 Å². The fourth-order valence-electron chi connectivity index (χ4n) is 1.99. The van der Waals surface area contributed by atoms with E-state index in [1.165, 1.54) is 31.1 Å². The molecule has 2 rings (SSSR count). The Morgan fingerprint density at radius 3 is 2.87 bits per heavy atom. The van der Waals surface area contributed by atoms with E-state index in [9.17, 15) is 4.79 Å². The maximum Gasteiger partial charge on any atom is 0.323 e. The van der Waals surface area contributed by atoms with E-state index in [0.29, 0.717) is 0 Å². The van der Waals surface area contributed by atoms with Gasteiger partial charge in [-0.05, 0) is 36.0 Å². The molecule has 0 fully saturated rings. The molecular weight excluding hydrogens is 256 g/mol. The van der Waals surface area contributed by atoms with Crippen LogP contribution in [-0.4, -0.2) is 13.1 Å². The number of halogens is 1. The Kier molecular flexibility index (Phi) is 3.10. The molecule has 0 bridgehead atoms. The maximum absolute atomic E-state index is 11.3. The van der Waals surface area contributed by atoms with Crippen LogP contribution >= 0.6 is 15.9 Å². The van der Waals surface area contributed by atoms with Crippen molar-refractivity contribution in [2.45, 2.75) is 24.1 Å². The van der Waals surface area contributed by atoms with Crippen molar-refractivity contribution in [2.24, 2.45) is 0 Å². The van der Waals surface area contributed by atoms with Gasteiger partial charge in [0, 0.05) is 0 Å². The van der Waals surface area contributed by atoms with Crippen molar-refractivity contribution < 1.29 is 9.53 Å². The van der Waals surface area contributed by atoms with Gasteiger partial charge in [0.15, 0.2) is 0 Å². The molecule has 1 atom stereocenters. The number of esters is 1. The van der Waals surface area contributed by atoms with E-state index in [4.69, 9.17) is 4.74 Å². The van der Waals surface area contributed by atoms with Crippen molar-refractivity contribution in [2.75, 3.05) is 7.11 Å². The van der Waals surface area contributed by atoms with E-state index in [0.717, 1.165) is 12.0 Å². The van der Waals surface area contributed by atoms with Crippen molar-refractivity contribution >= 4 is 21.9 Å². The molecule has 80 valence electrons. The van der Waals surface area contributed by atoms with Crippen LogP contribution in [0.4, 0.5) is 0 Å². The molecule has 1 aromatic rings. The average Bonchev–Trinajstić information content (AvgIpc) is 2.73. The number of carbonyl (C=O) groups excluding carboxylic acids is 1. The van der Waals surface area contributed by atoms with Gasteiger partial charge in [0.05, 0.1) is 7.11 Å². The largest absolute Gasteiger partial charge is 0.468 e. The van der Waals surface area contributed by atoms with Crippen LogP contribution in [0.3, 0.4) is 0 Å². The minimum Gasteiger partial charge on any atom is -0.468 e. The molecule has 0 heterocycles. The minimum absolute atomic E-state index is 0.243. The lowest BCUT2D eigenvalue weighted by Crippen LogP contribution is -2.08. The molecule has 1 aliphatic rings. The fraction of sp³-hybridized carbons (Fsp3) is 0.417. The first-order valence-corrected chi connectivity index (χ1v) is 5.97. The van der Waals surface area contributed by atoms with Crippen LogP contribution in [0.5, 0.6) is 0 Å². The SMILES string of the molecule is COC(=O)C(Br)c1ccc2c(c1)CCC2. The lowest BCUT2D eigenvalue weighted by Gasteiger charge is -2.09. The van der Waals surface area contributed by atoms with E-state index in [2.05, 4.69) is 28.1 Å². The molecule has 0 spiro atoms. The van der Waals surface area contributed by atoms with Crippen LogP contribution in [0, 0.1) is 0 Å². The molecule has 0 saturated carbocycles. The lowest BCUT2D eigenvalue weighted by molar-refractivity contribution is -0.139. The third-order valence-corrected chi connectivity index (χ3v) is 3.73. The number of hydrogen-bond donors (Lipinski definition) is 0. The monoisotopic (exact) mass is 268 g/mol. The van der Waals surface area contributed by atoms with Gasteiger partial charge in [-0.3, -0.25) is 4.79 Å². The zero-order valence-electron chi connectivity index (χ0n) is 8.63. The van der Waals surface area contributed by atoms with Crippen molar-refractivity contribution in [3.05, 3.63) is 34.9 Å². The molecule has 0 amide bonds. The highest BCUT2D eigenvalue weighted by atomic mass is 79.9. The summed E-state index contributed by atoms with van der Waals surface area (Å²) in [6.07, 6.45) is 3.52. The van der Waals surface area contributed by atoms with E-state index >= 15 is 0 Å². The standard InChI is InChI=1S/C12H13BrO2/c1-15-12(14)11(13)10-6-5-8-3-2-4-9(8)7-10/h5-7,11H,2-4H2,1H3. The van der Waals surface area contributed by atoms with Crippen LogP contribution in [0.2, 0.25) is 0 Å². The van der Waals surface area contributed by atoms with Gasteiger partial charge in [0.1, 0.15) is 4.83 Å². The third-order valence-electron chi connectivity index (χ3n) is 2.82. The first-order valence-electron chi connectivity index (χ1n) is 5.06. The Labute approximate surface area is 97.8 Å². The molecule has 3 heteroatoms. The molecule has 0 aliphatic heterocycles. The van der Waals surface area contributed by atoms with Gasteiger partial charge in [0.25, 0.3) is 0 Å².